The summed E-state index contributed by atoms with van der Waals surface area (Å²) in [6.45, 7) is 4.81. The van der Waals surface area contributed by atoms with E-state index in [1.54, 1.807) is 6.08 Å². The van der Waals surface area contributed by atoms with Gasteiger partial charge in [-0.2, -0.15) is 0 Å². The van der Waals surface area contributed by atoms with Crippen LogP contribution in [0, 0.1) is 0 Å². The van der Waals surface area contributed by atoms with Gasteiger partial charge in [0, 0.05) is 6.42 Å². The van der Waals surface area contributed by atoms with Crippen LogP contribution in [0.1, 0.15) is 277 Å². The van der Waals surface area contributed by atoms with Gasteiger partial charge in [-0.3, -0.25) is 13.8 Å². The lowest BCUT2D eigenvalue weighted by Gasteiger charge is -2.25. The van der Waals surface area contributed by atoms with Crippen LogP contribution in [0.2, 0.25) is 0 Å². The van der Waals surface area contributed by atoms with Gasteiger partial charge in [-0.15, -0.1) is 0 Å². The molecule has 3 N–H and O–H groups in total. The molecule has 3 atom stereocenters. The van der Waals surface area contributed by atoms with Crippen LogP contribution in [0.4, 0.5) is 0 Å². The Morgan fingerprint density at radius 3 is 1.16 bits per heavy atom. The highest BCUT2D eigenvalue weighted by atomic mass is 31.2. The lowest BCUT2D eigenvalue weighted by molar-refractivity contribution is -0.870. The van der Waals surface area contributed by atoms with E-state index < -0.39 is 20.0 Å². The molecule has 8 nitrogen and oxygen atoms in total. The van der Waals surface area contributed by atoms with Gasteiger partial charge < -0.3 is 19.8 Å². The average Bonchev–Trinajstić information content (AvgIpc) is 3.31. The molecule has 406 valence electrons. The molecule has 0 fully saturated rings. The molecule has 9 heteroatoms. The summed E-state index contributed by atoms with van der Waals surface area (Å²) in [5.41, 5.74) is 0. The molecule has 0 rings (SSSR count). The molecule has 0 spiro atoms. The van der Waals surface area contributed by atoms with Crippen LogP contribution < -0.4 is 5.32 Å². The summed E-state index contributed by atoms with van der Waals surface area (Å²) in [5, 5.41) is 13.9. The van der Waals surface area contributed by atoms with Gasteiger partial charge in [0.15, 0.2) is 0 Å². The Bertz CT molecular complexity index is 1260. The SMILES string of the molecule is CCCCCCCCC/C=C\CCCCCCCCCC(=O)NC(COP(=O)(O)OCC[N+](C)(C)C)C(O)/C=C/CC/C=C/CC/C=C/CCCCCCCCCCCCCCCCCCCCC. The zero-order chi connectivity index (χ0) is 50.6. The molecule has 0 radical (unpaired) electrons. The van der Waals surface area contributed by atoms with Gasteiger partial charge in [0.2, 0.25) is 5.91 Å². The Hall–Kier alpha value is -1.54. The van der Waals surface area contributed by atoms with Crippen molar-refractivity contribution in [3.63, 3.8) is 0 Å². The summed E-state index contributed by atoms with van der Waals surface area (Å²) in [7, 11) is 1.55. The first-order valence-corrected chi connectivity index (χ1v) is 31.0. The number of nitrogens with zero attached hydrogens (tertiary/aromatic N) is 1. The zero-order valence-electron chi connectivity index (χ0n) is 46.3. The van der Waals surface area contributed by atoms with Crippen LogP contribution in [-0.4, -0.2) is 73.4 Å². The van der Waals surface area contributed by atoms with Crippen molar-refractivity contribution in [3.05, 3.63) is 48.6 Å². The summed E-state index contributed by atoms with van der Waals surface area (Å²) in [4.78, 5) is 23.3. The third kappa shape index (κ3) is 54.1. The maximum Gasteiger partial charge on any atom is 0.472 e. The number of likely N-dealkylation sites (N-methyl/N-ethyl adjacent to an activating group) is 1. The van der Waals surface area contributed by atoms with Crippen LogP contribution in [0.25, 0.3) is 0 Å². The maximum atomic E-state index is 13.0. The van der Waals surface area contributed by atoms with Crippen LogP contribution >= 0.6 is 7.82 Å². The molecule has 0 saturated carbocycles. The molecule has 0 bridgehead atoms. The Morgan fingerprint density at radius 2 is 0.797 bits per heavy atom. The first-order valence-electron chi connectivity index (χ1n) is 29.5. The van der Waals surface area contributed by atoms with Gasteiger partial charge in [-0.05, 0) is 70.6 Å². The average molecular weight is 993 g/mol. The van der Waals surface area contributed by atoms with Crippen molar-refractivity contribution >= 4 is 13.7 Å². The van der Waals surface area contributed by atoms with Crippen molar-refractivity contribution in [2.45, 2.75) is 289 Å². The number of unbranched alkanes of at least 4 members (excludes halogenated alkanes) is 35. The number of nitrogens with one attached hydrogen (secondary N) is 1. The number of carbonyl (C=O) groups is 1. The van der Waals surface area contributed by atoms with Crippen molar-refractivity contribution in [1.82, 2.24) is 5.32 Å². The zero-order valence-corrected chi connectivity index (χ0v) is 47.2. The second-order valence-corrected chi connectivity index (χ2v) is 22.8. The van der Waals surface area contributed by atoms with E-state index in [9.17, 15) is 19.4 Å². The second-order valence-electron chi connectivity index (χ2n) is 21.3. The minimum absolute atomic E-state index is 0.0522. The summed E-state index contributed by atoms with van der Waals surface area (Å²) in [6, 6.07) is -0.873. The predicted octanol–water partition coefficient (Wildman–Crippen LogP) is 17.9. The van der Waals surface area contributed by atoms with E-state index in [-0.39, 0.29) is 19.1 Å². The van der Waals surface area contributed by atoms with Crippen LogP contribution in [0.15, 0.2) is 48.6 Å². The summed E-state index contributed by atoms with van der Waals surface area (Å²) in [5.74, 6) is -0.194. The van der Waals surface area contributed by atoms with E-state index in [4.69, 9.17) is 9.05 Å². The number of hydrogen-bond acceptors (Lipinski definition) is 5. The number of hydrogen-bond donors (Lipinski definition) is 3. The molecule has 0 aliphatic rings. The van der Waals surface area contributed by atoms with Gasteiger partial charge in [0.05, 0.1) is 39.9 Å². The van der Waals surface area contributed by atoms with Gasteiger partial charge >= 0.3 is 7.82 Å². The first-order chi connectivity index (χ1) is 33.5. The first kappa shape index (κ1) is 67.5. The molecule has 1 amide bonds. The highest BCUT2D eigenvalue weighted by molar-refractivity contribution is 7.47. The molecule has 0 aromatic rings. The van der Waals surface area contributed by atoms with Gasteiger partial charge in [0.25, 0.3) is 0 Å². The summed E-state index contributed by atoms with van der Waals surface area (Å²) in [6.07, 6.45) is 68.0. The number of phosphoric ester groups is 1. The molecule has 0 aliphatic carbocycles. The topological polar surface area (TPSA) is 105 Å². The minimum Gasteiger partial charge on any atom is -0.387 e. The molecule has 0 aromatic carbocycles. The fraction of sp³-hybridized carbons (Fsp3) is 0.850. The summed E-state index contributed by atoms with van der Waals surface area (Å²) < 4.78 is 23.7. The van der Waals surface area contributed by atoms with Crippen molar-refractivity contribution in [2.75, 3.05) is 40.9 Å². The number of aliphatic hydroxyl groups is 1. The fourth-order valence-corrected chi connectivity index (χ4v) is 9.34. The number of aliphatic hydroxyl groups excluding tert-OH is 1. The monoisotopic (exact) mass is 992 g/mol. The molecule has 0 heterocycles. The molecular weight excluding hydrogens is 876 g/mol. The minimum atomic E-state index is -4.36. The quantitative estimate of drug-likeness (QED) is 0.0243. The highest BCUT2D eigenvalue weighted by Crippen LogP contribution is 2.43. The molecule has 0 aliphatic heterocycles. The van der Waals surface area contributed by atoms with E-state index in [0.29, 0.717) is 17.4 Å². The Labute approximate surface area is 429 Å². The number of allylic oxidation sites excluding steroid dienone is 7. The smallest absolute Gasteiger partial charge is 0.387 e. The largest absolute Gasteiger partial charge is 0.472 e. The lowest BCUT2D eigenvalue weighted by Crippen LogP contribution is -2.45. The standard InChI is InChI=1S/C60H115N2O6P/c1-6-8-10-12-14-16-18-20-22-24-26-27-28-29-30-31-32-33-34-35-36-37-39-41-43-45-47-49-51-53-59(63)58(57-68-69(65,66)67-56-55-62(3,4)5)61-60(64)54-52-50-48-46-44-42-40-38-25-23-21-19-17-15-13-11-9-7-2/h23,25,36-37,43,45,51,53,58-59,63H,6-22,24,26-35,38-42,44,46-50,52,54-57H2,1-5H3,(H-,61,64,65,66)/p+1/b25-23-,37-36+,45-43+,53-51+. The third-order valence-corrected chi connectivity index (χ3v) is 14.2. The number of rotatable bonds is 54. The lowest BCUT2D eigenvalue weighted by atomic mass is 10.0. The maximum absolute atomic E-state index is 13.0. The molecule has 69 heavy (non-hydrogen) atoms. The van der Waals surface area contributed by atoms with Crippen molar-refractivity contribution < 1.29 is 32.9 Å². The molecular formula is C60H116N2O6P+. The van der Waals surface area contributed by atoms with Crippen LogP contribution in [0.3, 0.4) is 0 Å². The van der Waals surface area contributed by atoms with Crippen molar-refractivity contribution in [2.24, 2.45) is 0 Å². The van der Waals surface area contributed by atoms with Crippen molar-refractivity contribution in [1.29, 1.82) is 0 Å². The molecule has 0 saturated heterocycles. The Morgan fingerprint density at radius 1 is 0.478 bits per heavy atom. The van der Waals surface area contributed by atoms with Gasteiger partial charge in [-0.25, -0.2) is 4.57 Å². The Balaban J connectivity index is 4.24. The normalized spacial score (nSPS) is 14.2. The van der Waals surface area contributed by atoms with Gasteiger partial charge in [-0.1, -0.05) is 249 Å². The third-order valence-electron chi connectivity index (χ3n) is 13.2. The van der Waals surface area contributed by atoms with E-state index in [2.05, 4.69) is 55.6 Å². The van der Waals surface area contributed by atoms with E-state index in [0.717, 1.165) is 44.9 Å². The number of phosphoric acid groups is 1. The second kappa shape index (κ2) is 51.4. The van der Waals surface area contributed by atoms with Gasteiger partial charge in [0.1, 0.15) is 13.2 Å². The van der Waals surface area contributed by atoms with E-state index in [1.807, 2.05) is 27.2 Å². The molecule has 3 unspecified atom stereocenters. The molecule has 0 aromatic heterocycles. The van der Waals surface area contributed by atoms with Crippen molar-refractivity contribution in [3.8, 4) is 0 Å². The fourth-order valence-electron chi connectivity index (χ4n) is 8.60. The summed E-state index contributed by atoms with van der Waals surface area (Å²) >= 11 is 0. The highest BCUT2D eigenvalue weighted by Gasteiger charge is 2.27. The van der Waals surface area contributed by atoms with E-state index >= 15 is 0 Å². The number of amides is 1. The predicted molar refractivity (Wildman–Crippen MR) is 300 cm³/mol. The van der Waals surface area contributed by atoms with E-state index in [1.165, 1.54) is 212 Å². The Kier molecular flexibility index (Phi) is 50.2. The number of quaternary nitrogens is 1. The number of carbonyl (C=O) groups excluding carboxylic acids is 1. The van der Waals surface area contributed by atoms with Crippen LogP contribution in [-0.2, 0) is 18.4 Å². The van der Waals surface area contributed by atoms with Crippen LogP contribution in [0.5, 0.6) is 0 Å².